The van der Waals surface area contributed by atoms with Crippen molar-refractivity contribution in [2.45, 2.75) is 6.04 Å². The summed E-state index contributed by atoms with van der Waals surface area (Å²) in [6.07, 6.45) is 0. The van der Waals surface area contributed by atoms with Gasteiger partial charge in [-0.15, -0.1) is 0 Å². The molecular formula is C16H17NO2. The van der Waals surface area contributed by atoms with Crippen molar-refractivity contribution in [1.29, 1.82) is 0 Å². The molecule has 0 saturated carbocycles. The van der Waals surface area contributed by atoms with E-state index in [0.717, 1.165) is 30.9 Å². The molecule has 0 bridgehead atoms. The van der Waals surface area contributed by atoms with E-state index in [9.17, 15) is 5.11 Å². The first-order chi connectivity index (χ1) is 9.33. The molecule has 19 heavy (non-hydrogen) atoms. The summed E-state index contributed by atoms with van der Waals surface area (Å²) >= 11 is 0. The molecule has 1 aliphatic heterocycles. The predicted octanol–water partition coefficient (Wildman–Crippen LogP) is 2.72. The maximum absolute atomic E-state index is 9.51. The maximum atomic E-state index is 9.51. The highest BCUT2D eigenvalue weighted by Crippen LogP contribution is 2.25. The molecule has 3 heteroatoms. The Morgan fingerprint density at radius 1 is 1.05 bits per heavy atom. The lowest BCUT2D eigenvalue weighted by atomic mass is 10.0. The van der Waals surface area contributed by atoms with Crippen molar-refractivity contribution in [2.75, 3.05) is 19.8 Å². The third-order valence-corrected chi connectivity index (χ3v) is 3.41. The third kappa shape index (κ3) is 2.78. The van der Waals surface area contributed by atoms with Crippen LogP contribution >= 0.6 is 0 Å². The number of aromatic hydroxyl groups is 1. The van der Waals surface area contributed by atoms with Gasteiger partial charge in [-0.1, -0.05) is 36.4 Å². The normalized spacial score (nSPS) is 19.3. The number of morpholine rings is 1. The molecule has 0 aliphatic carbocycles. The smallest absolute Gasteiger partial charge is 0.116 e. The number of benzene rings is 2. The fraction of sp³-hybridized carbons (Fsp3) is 0.250. The van der Waals surface area contributed by atoms with E-state index in [1.54, 1.807) is 12.1 Å². The van der Waals surface area contributed by atoms with Crippen molar-refractivity contribution in [3.05, 3.63) is 54.1 Å². The largest absolute Gasteiger partial charge is 0.508 e. The van der Waals surface area contributed by atoms with E-state index in [1.807, 2.05) is 12.1 Å². The molecule has 0 amide bonds. The lowest BCUT2D eigenvalue weighted by Crippen LogP contribution is -2.34. The zero-order chi connectivity index (χ0) is 13.1. The van der Waals surface area contributed by atoms with Crippen molar-refractivity contribution < 1.29 is 9.84 Å². The molecule has 2 aromatic carbocycles. The van der Waals surface area contributed by atoms with E-state index in [1.165, 1.54) is 5.56 Å². The van der Waals surface area contributed by atoms with Gasteiger partial charge in [-0.2, -0.15) is 0 Å². The Bertz CT molecular complexity index is 545. The van der Waals surface area contributed by atoms with Gasteiger partial charge in [-0.05, 0) is 28.8 Å². The van der Waals surface area contributed by atoms with Gasteiger partial charge in [0.1, 0.15) is 5.75 Å². The molecular weight excluding hydrogens is 238 g/mol. The van der Waals surface area contributed by atoms with Gasteiger partial charge in [0.05, 0.1) is 19.3 Å². The molecule has 98 valence electrons. The summed E-state index contributed by atoms with van der Waals surface area (Å²) in [6.45, 7) is 2.42. The Labute approximate surface area is 112 Å². The average Bonchev–Trinajstić information content (AvgIpc) is 2.48. The molecule has 1 aliphatic rings. The van der Waals surface area contributed by atoms with Crippen LogP contribution in [0.15, 0.2) is 48.5 Å². The van der Waals surface area contributed by atoms with E-state index in [0.29, 0.717) is 5.75 Å². The molecule has 2 N–H and O–H groups in total. The molecule has 0 spiro atoms. The van der Waals surface area contributed by atoms with Gasteiger partial charge < -0.3 is 15.2 Å². The molecule has 1 atom stereocenters. The van der Waals surface area contributed by atoms with Crippen molar-refractivity contribution >= 4 is 0 Å². The standard InChI is InChI=1S/C16H17NO2/c18-15-3-1-2-14(10-15)12-4-6-13(7-5-12)16-11-19-9-8-17-16/h1-7,10,16-18H,8-9,11H2. The van der Waals surface area contributed by atoms with Gasteiger partial charge >= 0.3 is 0 Å². The molecule has 1 unspecified atom stereocenters. The number of phenols is 1. The van der Waals surface area contributed by atoms with E-state index in [-0.39, 0.29) is 6.04 Å². The number of nitrogens with one attached hydrogen (secondary N) is 1. The quantitative estimate of drug-likeness (QED) is 0.867. The van der Waals surface area contributed by atoms with Crippen molar-refractivity contribution in [3.63, 3.8) is 0 Å². The first kappa shape index (κ1) is 12.2. The Morgan fingerprint density at radius 3 is 2.58 bits per heavy atom. The topological polar surface area (TPSA) is 41.5 Å². The molecule has 3 nitrogen and oxygen atoms in total. The molecule has 1 fully saturated rings. The fourth-order valence-electron chi connectivity index (χ4n) is 2.37. The molecule has 2 aromatic rings. The third-order valence-electron chi connectivity index (χ3n) is 3.41. The van der Waals surface area contributed by atoms with Crippen molar-refractivity contribution in [3.8, 4) is 16.9 Å². The number of hydrogen-bond acceptors (Lipinski definition) is 3. The second-order valence-electron chi connectivity index (χ2n) is 4.75. The zero-order valence-electron chi connectivity index (χ0n) is 10.7. The minimum absolute atomic E-state index is 0.284. The van der Waals surface area contributed by atoms with Crippen LogP contribution in [-0.4, -0.2) is 24.9 Å². The first-order valence-electron chi connectivity index (χ1n) is 6.53. The number of ether oxygens (including phenoxy) is 1. The molecule has 0 aromatic heterocycles. The van der Waals surface area contributed by atoms with Gasteiger partial charge in [0, 0.05) is 6.54 Å². The molecule has 1 saturated heterocycles. The van der Waals surface area contributed by atoms with Crippen LogP contribution in [0, 0.1) is 0 Å². The van der Waals surface area contributed by atoms with Gasteiger partial charge in [0.15, 0.2) is 0 Å². The highest BCUT2D eigenvalue weighted by Gasteiger charge is 2.14. The van der Waals surface area contributed by atoms with E-state index >= 15 is 0 Å². The summed E-state index contributed by atoms with van der Waals surface area (Å²) in [5.41, 5.74) is 3.37. The van der Waals surface area contributed by atoms with Crippen LogP contribution in [0.1, 0.15) is 11.6 Å². The summed E-state index contributed by atoms with van der Waals surface area (Å²) in [6, 6.07) is 16.0. The highest BCUT2D eigenvalue weighted by molar-refractivity contribution is 5.65. The summed E-state index contributed by atoms with van der Waals surface area (Å²) in [5.74, 6) is 0.295. The SMILES string of the molecule is Oc1cccc(-c2ccc(C3COCCN3)cc2)c1. The van der Waals surface area contributed by atoms with Gasteiger partial charge in [-0.3, -0.25) is 0 Å². The molecule has 3 rings (SSSR count). The summed E-state index contributed by atoms with van der Waals surface area (Å²) < 4.78 is 5.47. The molecule has 0 radical (unpaired) electrons. The van der Waals surface area contributed by atoms with E-state index in [4.69, 9.17) is 4.74 Å². The minimum Gasteiger partial charge on any atom is -0.508 e. The number of hydrogen-bond donors (Lipinski definition) is 2. The highest BCUT2D eigenvalue weighted by atomic mass is 16.5. The average molecular weight is 255 g/mol. The summed E-state index contributed by atoms with van der Waals surface area (Å²) in [5, 5.41) is 12.9. The number of phenolic OH excluding ortho intramolecular Hbond substituents is 1. The first-order valence-corrected chi connectivity index (χ1v) is 6.53. The maximum Gasteiger partial charge on any atom is 0.116 e. The fourth-order valence-corrected chi connectivity index (χ4v) is 2.37. The second-order valence-corrected chi connectivity index (χ2v) is 4.75. The Morgan fingerprint density at radius 2 is 1.89 bits per heavy atom. The minimum atomic E-state index is 0.284. The van der Waals surface area contributed by atoms with Crippen LogP contribution in [0.3, 0.4) is 0 Å². The van der Waals surface area contributed by atoms with E-state index in [2.05, 4.69) is 29.6 Å². The van der Waals surface area contributed by atoms with Gasteiger partial charge in [0.2, 0.25) is 0 Å². The monoisotopic (exact) mass is 255 g/mol. The van der Waals surface area contributed by atoms with Crippen LogP contribution < -0.4 is 5.32 Å². The Balaban J connectivity index is 1.82. The molecule has 1 heterocycles. The van der Waals surface area contributed by atoms with Crippen LogP contribution in [-0.2, 0) is 4.74 Å². The Kier molecular flexibility index (Phi) is 3.49. The van der Waals surface area contributed by atoms with Crippen LogP contribution in [0.4, 0.5) is 0 Å². The van der Waals surface area contributed by atoms with Gasteiger partial charge in [0.25, 0.3) is 0 Å². The lowest BCUT2D eigenvalue weighted by molar-refractivity contribution is 0.0769. The number of rotatable bonds is 2. The van der Waals surface area contributed by atoms with Crippen LogP contribution in [0.5, 0.6) is 5.75 Å². The zero-order valence-corrected chi connectivity index (χ0v) is 10.7. The van der Waals surface area contributed by atoms with Gasteiger partial charge in [-0.25, -0.2) is 0 Å². The Hall–Kier alpha value is -1.84. The second kappa shape index (κ2) is 5.43. The van der Waals surface area contributed by atoms with Crippen molar-refractivity contribution in [2.24, 2.45) is 0 Å². The van der Waals surface area contributed by atoms with Crippen LogP contribution in [0.2, 0.25) is 0 Å². The van der Waals surface area contributed by atoms with E-state index < -0.39 is 0 Å². The summed E-state index contributed by atoms with van der Waals surface area (Å²) in [7, 11) is 0. The van der Waals surface area contributed by atoms with Crippen LogP contribution in [0.25, 0.3) is 11.1 Å². The van der Waals surface area contributed by atoms with Crippen molar-refractivity contribution in [1.82, 2.24) is 5.32 Å². The lowest BCUT2D eigenvalue weighted by Gasteiger charge is -2.24. The summed E-state index contributed by atoms with van der Waals surface area (Å²) in [4.78, 5) is 0. The predicted molar refractivity (Wildman–Crippen MR) is 75.1 cm³/mol.